The van der Waals surface area contributed by atoms with Gasteiger partial charge in [0, 0.05) is 6.42 Å². The Kier molecular flexibility index (Phi) is 3.80. The largest absolute Gasteiger partial charge is 0.250 e. The molecule has 1 aliphatic rings. The van der Waals surface area contributed by atoms with Gasteiger partial charge in [0.15, 0.2) is 0 Å². The molecule has 1 heterocycles. The van der Waals surface area contributed by atoms with Crippen LogP contribution in [0.2, 0.25) is 0 Å². The zero-order chi connectivity index (χ0) is 16.4. The molecule has 0 unspecified atom stereocenters. The first-order valence-corrected chi connectivity index (χ1v) is 8.16. The molecule has 0 bridgehead atoms. The molecule has 3 aromatic carbocycles. The Hall–Kier alpha value is -3.00. The van der Waals surface area contributed by atoms with Crippen molar-refractivity contribution in [2.24, 2.45) is 9.98 Å². The number of aryl methyl sites for hydroxylation is 1. The molecule has 0 amide bonds. The van der Waals surface area contributed by atoms with Gasteiger partial charge in [0.25, 0.3) is 0 Å². The summed E-state index contributed by atoms with van der Waals surface area (Å²) in [6.07, 6.45) is 0.724. The van der Waals surface area contributed by atoms with Crippen LogP contribution in [0.3, 0.4) is 0 Å². The zero-order valence-corrected chi connectivity index (χ0v) is 13.6. The molecule has 0 atom stereocenters. The van der Waals surface area contributed by atoms with Gasteiger partial charge in [0.1, 0.15) is 0 Å². The van der Waals surface area contributed by atoms with Crippen molar-refractivity contribution >= 4 is 22.8 Å². The molecule has 0 aromatic heterocycles. The van der Waals surface area contributed by atoms with E-state index in [1.165, 1.54) is 5.56 Å². The van der Waals surface area contributed by atoms with E-state index in [4.69, 9.17) is 9.98 Å². The summed E-state index contributed by atoms with van der Waals surface area (Å²) in [4.78, 5) is 9.82. The first-order valence-electron chi connectivity index (χ1n) is 8.16. The highest BCUT2D eigenvalue weighted by Gasteiger charge is 2.15. The van der Waals surface area contributed by atoms with Crippen LogP contribution < -0.4 is 0 Å². The van der Waals surface area contributed by atoms with Crippen LogP contribution in [0, 0.1) is 6.92 Å². The van der Waals surface area contributed by atoms with Gasteiger partial charge in [0.05, 0.1) is 22.8 Å². The molecule has 0 saturated heterocycles. The normalized spacial score (nSPS) is 13.5. The molecule has 0 aliphatic carbocycles. The van der Waals surface area contributed by atoms with Gasteiger partial charge in [-0.2, -0.15) is 0 Å². The quantitative estimate of drug-likeness (QED) is 0.585. The minimum absolute atomic E-state index is 0.724. The Morgan fingerprint density at radius 2 is 1.08 bits per heavy atom. The average Bonchev–Trinajstić information content (AvgIpc) is 2.83. The highest BCUT2D eigenvalue weighted by Crippen LogP contribution is 2.32. The van der Waals surface area contributed by atoms with E-state index in [-0.39, 0.29) is 0 Å². The fourth-order valence-electron chi connectivity index (χ4n) is 2.89. The Bertz CT molecular complexity index is 920. The van der Waals surface area contributed by atoms with Crippen molar-refractivity contribution in [3.05, 3.63) is 95.6 Å². The molecule has 0 spiro atoms. The van der Waals surface area contributed by atoms with Crippen molar-refractivity contribution in [1.29, 1.82) is 0 Å². The number of benzene rings is 3. The molecule has 4 rings (SSSR count). The molecular weight excluding hydrogens is 292 g/mol. The lowest BCUT2D eigenvalue weighted by Crippen LogP contribution is -2.09. The van der Waals surface area contributed by atoms with Crippen molar-refractivity contribution < 1.29 is 0 Å². The number of para-hydroxylation sites is 2. The summed E-state index contributed by atoms with van der Waals surface area (Å²) in [5.41, 5.74) is 7.53. The first-order chi connectivity index (χ1) is 11.8. The van der Waals surface area contributed by atoms with E-state index in [1.807, 2.05) is 30.3 Å². The van der Waals surface area contributed by atoms with Crippen LogP contribution in [0.25, 0.3) is 0 Å². The second-order valence-corrected chi connectivity index (χ2v) is 6.01. The van der Waals surface area contributed by atoms with Gasteiger partial charge < -0.3 is 0 Å². The van der Waals surface area contributed by atoms with Gasteiger partial charge in [-0.1, -0.05) is 72.3 Å². The zero-order valence-electron chi connectivity index (χ0n) is 13.6. The smallest absolute Gasteiger partial charge is 0.0889 e. The molecule has 0 fully saturated rings. The third-order valence-corrected chi connectivity index (χ3v) is 4.22. The third-order valence-electron chi connectivity index (χ3n) is 4.22. The number of hydrogen-bond acceptors (Lipinski definition) is 2. The van der Waals surface area contributed by atoms with Crippen molar-refractivity contribution in [1.82, 2.24) is 0 Å². The maximum Gasteiger partial charge on any atom is 0.0889 e. The van der Waals surface area contributed by atoms with Crippen molar-refractivity contribution in [3.8, 4) is 0 Å². The molecule has 0 radical (unpaired) electrons. The van der Waals surface area contributed by atoms with E-state index in [2.05, 4.69) is 55.5 Å². The number of fused-ring (bicyclic) bond motifs is 1. The maximum absolute atomic E-state index is 4.92. The van der Waals surface area contributed by atoms with Crippen LogP contribution in [-0.4, -0.2) is 11.4 Å². The molecule has 116 valence electrons. The highest BCUT2D eigenvalue weighted by atomic mass is 14.9. The number of hydrogen-bond donors (Lipinski definition) is 0. The summed E-state index contributed by atoms with van der Waals surface area (Å²) in [7, 11) is 0. The lowest BCUT2D eigenvalue weighted by Gasteiger charge is -2.08. The molecule has 24 heavy (non-hydrogen) atoms. The van der Waals surface area contributed by atoms with Crippen molar-refractivity contribution in [2.75, 3.05) is 0 Å². The Morgan fingerprint density at radius 1 is 0.583 bits per heavy atom. The standard InChI is InChI=1S/C22H18N2/c1-16-11-13-18(14-12-16)22-15-21(17-7-3-2-4-8-17)23-19-9-5-6-10-20(19)24-22/h2-14H,15H2,1H3. The van der Waals surface area contributed by atoms with Crippen LogP contribution in [0.5, 0.6) is 0 Å². The van der Waals surface area contributed by atoms with Crippen molar-refractivity contribution in [3.63, 3.8) is 0 Å². The van der Waals surface area contributed by atoms with Gasteiger partial charge in [0.2, 0.25) is 0 Å². The monoisotopic (exact) mass is 310 g/mol. The van der Waals surface area contributed by atoms with Crippen LogP contribution in [0.4, 0.5) is 11.4 Å². The minimum Gasteiger partial charge on any atom is -0.250 e. The van der Waals surface area contributed by atoms with Gasteiger partial charge in [-0.15, -0.1) is 0 Å². The molecule has 3 aromatic rings. The van der Waals surface area contributed by atoms with E-state index < -0.39 is 0 Å². The first kappa shape index (κ1) is 14.6. The maximum atomic E-state index is 4.92. The van der Waals surface area contributed by atoms with Crippen LogP contribution in [0.15, 0.2) is 88.8 Å². The second kappa shape index (κ2) is 6.25. The molecular formula is C22H18N2. The fraction of sp³-hybridized carbons (Fsp3) is 0.0909. The van der Waals surface area contributed by atoms with Gasteiger partial charge in [-0.25, -0.2) is 0 Å². The Morgan fingerprint density at radius 3 is 1.67 bits per heavy atom. The second-order valence-electron chi connectivity index (χ2n) is 6.01. The molecule has 0 N–H and O–H groups in total. The summed E-state index contributed by atoms with van der Waals surface area (Å²) < 4.78 is 0. The van der Waals surface area contributed by atoms with E-state index in [0.717, 1.165) is 40.3 Å². The molecule has 2 nitrogen and oxygen atoms in total. The number of rotatable bonds is 2. The third kappa shape index (κ3) is 2.91. The van der Waals surface area contributed by atoms with Crippen LogP contribution >= 0.6 is 0 Å². The molecule has 0 saturated carbocycles. The topological polar surface area (TPSA) is 24.7 Å². The predicted molar refractivity (Wildman–Crippen MR) is 101 cm³/mol. The van der Waals surface area contributed by atoms with E-state index >= 15 is 0 Å². The van der Waals surface area contributed by atoms with E-state index in [1.54, 1.807) is 0 Å². The van der Waals surface area contributed by atoms with Crippen LogP contribution in [0.1, 0.15) is 23.1 Å². The average molecular weight is 310 g/mol. The highest BCUT2D eigenvalue weighted by molar-refractivity contribution is 6.20. The summed E-state index contributed by atoms with van der Waals surface area (Å²) in [5.74, 6) is 0. The van der Waals surface area contributed by atoms with Crippen LogP contribution in [-0.2, 0) is 0 Å². The number of aliphatic imine (C=N–C) groups is 2. The van der Waals surface area contributed by atoms with E-state index in [9.17, 15) is 0 Å². The lowest BCUT2D eigenvalue weighted by molar-refractivity contribution is 1.41. The minimum atomic E-state index is 0.724. The Labute approximate surface area is 142 Å². The Balaban J connectivity index is 1.86. The summed E-state index contributed by atoms with van der Waals surface area (Å²) in [5, 5.41) is 0. The predicted octanol–water partition coefficient (Wildman–Crippen LogP) is 5.64. The van der Waals surface area contributed by atoms with E-state index in [0.29, 0.717) is 0 Å². The van der Waals surface area contributed by atoms with Gasteiger partial charge >= 0.3 is 0 Å². The summed E-state index contributed by atoms with van der Waals surface area (Å²) in [6.45, 7) is 2.10. The van der Waals surface area contributed by atoms with Gasteiger partial charge in [-0.3, -0.25) is 9.98 Å². The summed E-state index contributed by atoms with van der Waals surface area (Å²) >= 11 is 0. The fourth-order valence-corrected chi connectivity index (χ4v) is 2.89. The molecule has 1 aliphatic heterocycles. The SMILES string of the molecule is Cc1ccc(C2=Nc3ccccc3N=C(c3ccccc3)C2)cc1. The lowest BCUT2D eigenvalue weighted by atomic mass is 9.99. The van der Waals surface area contributed by atoms with Gasteiger partial charge in [-0.05, 0) is 30.2 Å². The van der Waals surface area contributed by atoms with Crippen molar-refractivity contribution in [2.45, 2.75) is 13.3 Å². The number of nitrogens with zero attached hydrogens (tertiary/aromatic N) is 2. The summed E-state index contributed by atoms with van der Waals surface area (Å²) in [6, 6.07) is 27.0. The molecule has 2 heteroatoms.